The molecule has 11 aromatic heterocycles. The van der Waals surface area contributed by atoms with Crippen molar-refractivity contribution in [3.05, 3.63) is 213 Å². The summed E-state index contributed by atoms with van der Waals surface area (Å²) in [5.74, 6) is 3.99. The normalized spacial score (nSPS) is 10.6. The second-order valence-electron chi connectivity index (χ2n) is 23.0. The van der Waals surface area contributed by atoms with Gasteiger partial charge in [-0.05, 0) is 158 Å². The number of ether oxygens (including phenoxy) is 10. The minimum Gasteiger partial charge on any atom is -0.524 e. The average molecular weight is 1760 g/mol. The minimum absolute atomic E-state index is 0. The molecule has 0 unspecified atom stereocenters. The van der Waals surface area contributed by atoms with E-state index in [4.69, 9.17) is 77.4 Å². The average Bonchev–Trinajstić information content (AvgIpc) is 0.785. The van der Waals surface area contributed by atoms with Gasteiger partial charge in [0.1, 0.15) is 32.7 Å². The van der Waals surface area contributed by atoms with Gasteiger partial charge >= 0.3 is 28.2 Å². The molecule has 11 heterocycles. The molecule has 11 rings (SSSR count). The van der Waals surface area contributed by atoms with Crippen LogP contribution in [0.15, 0.2) is 167 Å². The van der Waals surface area contributed by atoms with E-state index in [2.05, 4.69) is 143 Å². The summed E-state index contributed by atoms with van der Waals surface area (Å²) in [6, 6.07) is 55.4. The van der Waals surface area contributed by atoms with E-state index in [9.17, 15) is 0 Å². The predicted octanol–water partition coefficient (Wildman–Crippen LogP) is 13.3. The second kappa shape index (κ2) is 40.1. The SMILES string of the molecule is C.CC(C)(c1cccc(Br)n1)c1cccc(Br)n1.COc1c[c-]c(-c2cccc(C(C)(C)c3cccc(-c4[c-]cc(OC)nc4OC)n3)n2)c(OC)n1.COc1ccc(-c2cccc(C(C)(C)c3cccc(-c4ccc(OC)nc4OC)n3)n2)c(OC)n1.COc1ccc(B(O)O)c(OC)n1.S=S.[Pt+2]. The van der Waals surface area contributed by atoms with Gasteiger partial charge in [0.2, 0.25) is 35.3 Å². The Kier molecular flexibility index (Phi) is 32.9. The van der Waals surface area contributed by atoms with Gasteiger partial charge in [-0.25, -0.2) is 9.97 Å². The van der Waals surface area contributed by atoms with Crippen molar-refractivity contribution >= 4 is 66.8 Å². The van der Waals surface area contributed by atoms with Crippen molar-refractivity contribution in [3.8, 4) is 104 Å². The van der Waals surface area contributed by atoms with Crippen LogP contribution in [-0.2, 0) is 59.7 Å². The van der Waals surface area contributed by atoms with Crippen LogP contribution in [0, 0.1) is 12.1 Å². The van der Waals surface area contributed by atoms with Crippen LogP contribution < -0.4 is 52.8 Å². The molecule has 0 spiro atoms. The molecule has 0 bridgehead atoms. The molecule has 0 aliphatic heterocycles. The van der Waals surface area contributed by atoms with Crippen molar-refractivity contribution in [2.45, 2.75) is 65.2 Å². The molecule has 0 aliphatic carbocycles. The third kappa shape index (κ3) is 21.2. The van der Waals surface area contributed by atoms with Gasteiger partial charge in [-0.15, -0.1) is 12.1 Å². The summed E-state index contributed by atoms with van der Waals surface area (Å²) in [5, 5.41) is 17.8. The standard InChI is InChI=1S/C27H28N4O4.C27H26N4O4.C13H12Br2N2.C7H10BNO4.CH4.Pt.S2/c2*1-27(2,21-11-7-9-19(28-21)17-13-15-23(32-3)30-25(17)34-5)22-12-8-10-20(29-22)18-14-16-24(33-4)31-26(18)35-6;1-13(2,9-5-3-7-11(14)16-9)10-6-4-8-12(15)17-10;1-12-6-4-3-5(8(10)11)7(9-6)13-2;;;1-2/h7-16H,1-6H3;7-12,15-16H,1-6H3;3-8H,1-2H3;3-4,10-11H,1-2H3;1H4;;/q;-2;;;;+2;. The van der Waals surface area contributed by atoms with Crippen LogP contribution in [0.2, 0.25) is 0 Å². The van der Waals surface area contributed by atoms with Gasteiger partial charge in [-0.2, -0.15) is 15.0 Å². The van der Waals surface area contributed by atoms with E-state index in [1.54, 1.807) is 81.1 Å². The number of hydrogen-bond donors (Lipinski definition) is 2. The van der Waals surface area contributed by atoms with E-state index in [0.29, 0.717) is 75.4 Å². The number of halogens is 2. The molecule has 546 valence electrons. The van der Waals surface area contributed by atoms with Crippen molar-refractivity contribution in [1.82, 2.24) is 54.8 Å². The van der Waals surface area contributed by atoms with Crippen LogP contribution in [0.1, 0.15) is 83.1 Å². The molecule has 0 saturated heterocycles. The van der Waals surface area contributed by atoms with Crippen LogP contribution in [-0.4, -0.2) is 143 Å². The molecule has 0 radical (unpaired) electrons. The summed E-state index contributed by atoms with van der Waals surface area (Å²) in [5.41, 5.74) is 10.1. The van der Waals surface area contributed by atoms with Crippen LogP contribution >= 0.6 is 31.9 Å². The molecule has 11 aromatic rings. The number of hydrogen-bond acceptors (Lipinski definition) is 25. The first-order chi connectivity index (χ1) is 49.0. The van der Waals surface area contributed by atoms with Crippen LogP contribution in [0.4, 0.5) is 0 Å². The van der Waals surface area contributed by atoms with E-state index in [1.165, 1.54) is 26.4 Å². The summed E-state index contributed by atoms with van der Waals surface area (Å²) in [7, 11) is 13.8. The van der Waals surface area contributed by atoms with E-state index >= 15 is 0 Å². The maximum Gasteiger partial charge on any atom is 2.00 e. The van der Waals surface area contributed by atoms with Crippen molar-refractivity contribution in [2.75, 3.05) is 71.1 Å². The quantitative estimate of drug-likeness (QED) is 0.0384. The number of methoxy groups -OCH3 is 10. The van der Waals surface area contributed by atoms with Gasteiger partial charge in [0.05, 0.1) is 116 Å². The van der Waals surface area contributed by atoms with E-state index in [-0.39, 0.29) is 45.2 Å². The fourth-order valence-electron chi connectivity index (χ4n) is 9.94. The zero-order valence-corrected chi connectivity index (χ0v) is 66.5. The number of rotatable bonds is 21. The maximum atomic E-state index is 8.89. The molecule has 29 heteroatoms. The molecule has 23 nitrogen and oxygen atoms in total. The molecule has 0 aliphatic rings. The summed E-state index contributed by atoms with van der Waals surface area (Å²) in [6.45, 7) is 12.6. The molecule has 104 heavy (non-hydrogen) atoms. The molecule has 2 N–H and O–H groups in total. The van der Waals surface area contributed by atoms with Crippen molar-refractivity contribution < 1.29 is 78.5 Å². The van der Waals surface area contributed by atoms with Gasteiger partial charge in [-0.1, -0.05) is 85.3 Å². The minimum atomic E-state index is -1.59. The topological polar surface area (TPSA) is 275 Å². The Morgan fingerprint density at radius 1 is 0.327 bits per heavy atom. The van der Waals surface area contributed by atoms with E-state index in [0.717, 1.165) is 65.9 Å². The smallest absolute Gasteiger partial charge is 0.524 e. The zero-order chi connectivity index (χ0) is 74.3. The maximum absolute atomic E-state index is 8.89. The van der Waals surface area contributed by atoms with Gasteiger partial charge in [-0.3, -0.25) is 19.9 Å². The Labute approximate surface area is 648 Å². The summed E-state index contributed by atoms with van der Waals surface area (Å²) >= 11 is 14.1. The largest absolute Gasteiger partial charge is 2.00 e. The summed E-state index contributed by atoms with van der Waals surface area (Å²) in [6.07, 6.45) is 0. The van der Waals surface area contributed by atoms with E-state index in [1.807, 2.05) is 121 Å². The fourth-order valence-corrected chi connectivity index (χ4v) is 10.6. The Morgan fingerprint density at radius 2 is 0.596 bits per heavy atom. The first kappa shape index (κ1) is 85.4. The van der Waals surface area contributed by atoms with Gasteiger partial charge in [0.15, 0.2) is 0 Å². The third-order valence-electron chi connectivity index (χ3n) is 15.7. The predicted molar refractivity (Wildman–Crippen MR) is 409 cm³/mol. The van der Waals surface area contributed by atoms with Crippen molar-refractivity contribution in [3.63, 3.8) is 0 Å². The second-order valence-corrected chi connectivity index (χ2v) is 24.6. The molecular weight excluding hydrogens is 1680 g/mol. The number of aromatic nitrogens is 11. The molecule has 0 atom stereocenters. The molecule has 0 amide bonds. The summed E-state index contributed by atoms with van der Waals surface area (Å²) in [4.78, 5) is 50.1. The first-order valence-corrected chi connectivity index (χ1v) is 33.9. The molecule has 0 fully saturated rings. The van der Waals surface area contributed by atoms with Crippen molar-refractivity contribution in [1.29, 1.82) is 0 Å². The Hall–Kier alpha value is -9.28. The number of pyridine rings is 11. The van der Waals surface area contributed by atoms with Crippen molar-refractivity contribution in [2.24, 2.45) is 0 Å². The summed E-state index contributed by atoms with van der Waals surface area (Å²) < 4.78 is 54.1. The van der Waals surface area contributed by atoms with Gasteiger partial charge in [0, 0.05) is 73.7 Å². The van der Waals surface area contributed by atoms with Crippen LogP contribution in [0.5, 0.6) is 58.8 Å². The molecule has 0 saturated carbocycles. The Bertz CT molecular complexity index is 4160. The first-order valence-electron chi connectivity index (χ1n) is 31.0. The number of nitrogens with zero attached hydrogens (tertiary/aromatic N) is 11. The molecular formula is C75H80BBr2N11O12PtS2. The van der Waals surface area contributed by atoms with Gasteiger partial charge < -0.3 is 67.4 Å². The van der Waals surface area contributed by atoms with Crippen LogP contribution in [0.25, 0.3) is 45.0 Å². The van der Waals surface area contributed by atoms with Crippen LogP contribution in [0.3, 0.4) is 0 Å². The Balaban J connectivity index is 0.000000263. The monoisotopic (exact) mass is 1750 g/mol. The fraction of sp³-hybridized carbons (Fsp3) is 0.267. The third-order valence-corrected chi connectivity index (χ3v) is 16.6. The zero-order valence-electron chi connectivity index (χ0n) is 59.4. The van der Waals surface area contributed by atoms with Gasteiger partial charge in [0.25, 0.3) is 0 Å². The molecule has 0 aromatic carbocycles. The Morgan fingerprint density at radius 3 is 0.894 bits per heavy atom. The van der Waals surface area contributed by atoms with E-state index < -0.39 is 17.9 Å².